The highest BCUT2D eigenvalue weighted by Gasteiger charge is 2.23. The summed E-state index contributed by atoms with van der Waals surface area (Å²) in [6.07, 6.45) is 6.05. The Balaban J connectivity index is 1.32. The summed E-state index contributed by atoms with van der Waals surface area (Å²) in [5.41, 5.74) is 2.11. The number of morpholine rings is 1. The molecule has 9 heteroatoms. The fourth-order valence-electron chi connectivity index (χ4n) is 4.43. The number of nitrogens with one attached hydrogen (secondary N) is 1. The quantitative estimate of drug-likeness (QED) is 0.454. The van der Waals surface area contributed by atoms with Gasteiger partial charge >= 0.3 is 5.69 Å². The molecule has 0 bridgehead atoms. The second-order valence-electron chi connectivity index (χ2n) is 8.17. The Hall–Kier alpha value is -1.42. The lowest BCUT2D eigenvalue weighted by Gasteiger charge is -2.26. The molecular formula is C21H32N4O4S. The van der Waals surface area contributed by atoms with E-state index in [1.807, 2.05) is 4.57 Å². The van der Waals surface area contributed by atoms with Crippen molar-refractivity contribution in [2.75, 3.05) is 51.8 Å². The van der Waals surface area contributed by atoms with Crippen molar-refractivity contribution >= 4 is 17.7 Å². The minimum absolute atomic E-state index is 0.0289. The Kier molecular flexibility index (Phi) is 7.81. The summed E-state index contributed by atoms with van der Waals surface area (Å²) < 4.78 is 12.8. The van der Waals surface area contributed by atoms with Gasteiger partial charge in [-0.2, -0.15) is 4.98 Å². The van der Waals surface area contributed by atoms with Crippen molar-refractivity contribution in [3.05, 3.63) is 21.7 Å². The third-order valence-corrected chi connectivity index (χ3v) is 7.07. The number of ether oxygens (including phenoxy) is 2. The number of fused-ring (bicyclic) bond motifs is 1. The van der Waals surface area contributed by atoms with Crippen LogP contribution in [-0.2, 0) is 33.7 Å². The molecule has 1 unspecified atom stereocenters. The van der Waals surface area contributed by atoms with Gasteiger partial charge in [0, 0.05) is 50.6 Å². The Morgan fingerprint density at radius 2 is 2.03 bits per heavy atom. The van der Waals surface area contributed by atoms with Crippen LogP contribution in [0.5, 0.6) is 0 Å². The molecule has 3 heterocycles. The third-order valence-electron chi connectivity index (χ3n) is 6.05. The van der Waals surface area contributed by atoms with E-state index in [0.29, 0.717) is 13.1 Å². The maximum atomic E-state index is 12.7. The van der Waals surface area contributed by atoms with E-state index in [0.717, 1.165) is 94.3 Å². The molecule has 8 nitrogen and oxygen atoms in total. The van der Waals surface area contributed by atoms with Gasteiger partial charge in [-0.25, -0.2) is 4.79 Å². The first-order chi connectivity index (χ1) is 14.7. The molecule has 1 amide bonds. The third kappa shape index (κ3) is 5.63. The number of aromatic nitrogens is 2. The van der Waals surface area contributed by atoms with Crippen LogP contribution in [-0.4, -0.2) is 78.2 Å². The topological polar surface area (TPSA) is 85.7 Å². The molecule has 3 aliphatic rings. The largest absolute Gasteiger partial charge is 0.379 e. The zero-order valence-corrected chi connectivity index (χ0v) is 18.4. The van der Waals surface area contributed by atoms with E-state index in [1.165, 1.54) is 11.8 Å². The van der Waals surface area contributed by atoms with Crippen molar-refractivity contribution in [1.82, 2.24) is 19.8 Å². The molecule has 1 aromatic rings. The number of nitrogens with zero attached hydrogens (tertiary/aromatic N) is 3. The van der Waals surface area contributed by atoms with Crippen molar-refractivity contribution < 1.29 is 14.3 Å². The van der Waals surface area contributed by atoms with E-state index in [1.54, 1.807) is 0 Å². The highest BCUT2D eigenvalue weighted by molar-refractivity contribution is 7.99. The predicted octanol–water partition coefficient (Wildman–Crippen LogP) is 0.842. The predicted molar refractivity (Wildman–Crippen MR) is 115 cm³/mol. The molecule has 2 aliphatic heterocycles. The summed E-state index contributed by atoms with van der Waals surface area (Å²) in [7, 11) is 0. The smallest absolute Gasteiger partial charge is 0.348 e. The number of hydrogen-bond acceptors (Lipinski definition) is 7. The van der Waals surface area contributed by atoms with Crippen molar-refractivity contribution in [2.45, 2.75) is 56.2 Å². The fraction of sp³-hybridized carbons (Fsp3) is 0.762. The van der Waals surface area contributed by atoms with E-state index < -0.39 is 0 Å². The monoisotopic (exact) mass is 436 g/mol. The highest BCUT2D eigenvalue weighted by Crippen LogP contribution is 2.29. The van der Waals surface area contributed by atoms with Crippen molar-refractivity contribution in [2.24, 2.45) is 0 Å². The van der Waals surface area contributed by atoms with Crippen LogP contribution in [0.1, 0.15) is 36.9 Å². The lowest BCUT2D eigenvalue weighted by atomic mass is 10.2. The van der Waals surface area contributed by atoms with Crippen molar-refractivity contribution in [1.29, 1.82) is 0 Å². The van der Waals surface area contributed by atoms with E-state index in [-0.39, 0.29) is 23.5 Å². The minimum Gasteiger partial charge on any atom is -0.379 e. The number of carbonyl (C=O) groups excluding carboxylic acids is 1. The molecule has 0 spiro atoms. The summed E-state index contributed by atoms with van der Waals surface area (Å²) in [6.45, 7) is 6.56. The van der Waals surface area contributed by atoms with Gasteiger partial charge in [0.2, 0.25) is 5.91 Å². The van der Waals surface area contributed by atoms with E-state index in [4.69, 9.17) is 9.47 Å². The van der Waals surface area contributed by atoms with Gasteiger partial charge in [-0.1, -0.05) is 11.8 Å². The van der Waals surface area contributed by atoms with Gasteiger partial charge in [0.15, 0.2) is 0 Å². The van der Waals surface area contributed by atoms with Crippen LogP contribution in [0.2, 0.25) is 0 Å². The maximum absolute atomic E-state index is 12.7. The van der Waals surface area contributed by atoms with Gasteiger partial charge in [0.05, 0.1) is 25.1 Å². The Morgan fingerprint density at radius 3 is 2.83 bits per heavy atom. The normalized spacial score (nSPS) is 21.7. The van der Waals surface area contributed by atoms with Gasteiger partial charge in [-0.3, -0.25) is 14.3 Å². The van der Waals surface area contributed by atoms with Crippen LogP contribution >= 0.6 is 11.8 Å². The summed E-state index contributed by atoms with van der Waals surface area (Å²) in [5.74, 6) is 0.255. The number of amides is 1. The molecule has 166 valence electrons. The molecule has 0 aromatic carbocycles. The Labute approximate surface area is 181 Å². The molecule has 30 heavy (non-hydrogen) atoms. The van der Waals surface area contributed by atoms with Crippen LogP contribution in [0.4, 0.5) is 0 Å². The number of thioether (sulfide) groups is 1. The molecule has 1 atom stereocenters. The highest BCUT2D eigenvalue weighted by atomic mass is 32.2. The number of hydrogen-bond donors (Lipinski definition) is 1. The van der Waals surface area contributed by atoms with Crippen LogP contribution < -0.4 is 11.0 Å². The average Bonchev–Trinajstić information content (AvgIpc) is 3.45. The van der Waals surface area contributed by atoms with Gasteiger partial charge in [0.1, 0.15) is 5.03 Å². The molecule has 0 radical (unpaired) electrons. The molecular weight excluding hydrogens is 404 g/mol. The first kappa shape index (κ1) is 21.8. The lowest BCUT2D eigenvalue weighted by molar-refractivity contribution is -0.119. The minimum atomic E-state index is -0.181. The second-order valence-corrected chi connectivity index (χ2v) is 9.13. The summed E-state index contributed by atoms with van der Waals surface area (Å²) in [6, 6.07) is 0. The Morgan fingerprint density at radius 1 is 1.17 bits per heavy atom. The summed E-state index contributed by atoms with van der Waals surface area (Å²) in [5, 5.41) is 3.68. The zero-order chi connectivity index (χ0) is 20.8. The molecule has 4 rings (SSSR count). The van der Waals surface area contributed by atoms with Crippen molar-refractivity contribution in [3.8, 4) is 0 Å². The molecule has 2 fully saturated rings. The summed E-state index contributed by atoms with van der Waals surface area (Å²) >= 11 is 1.39. The van der Waals surface area contributed by atoms with Crippen molar-refractivity contribution in [3.63, 3.8) is 0 Å². The van der Waals surface area contributed by atoms with E-state index in [9.17, 15) is 9.59 Å². The van der Waals surface area contributed by atoms with Gasteiger partial charge in [-0.15, -0.1) is 0 Å². The number of carbonyl (C=O) groups is 1. The van der Waals surface area contributed by atoms with Gasteiger partial charge in [-0.05, 0) is 38.5 Å². The maximum Gasteiger partial charge on any atom is 0.348 e. The summed E-state index contributed by atoms with van der Waals surface area (Å²) in [4.78, 5) is 31.7. The molecule has 0 saturated carbocycles. The average molecular weight is 437 g/mol. The van der Waals surface area contributed by atoms with E-state index >= 15 is 0 Å². The lowest BCUT2D eigenvalue weighted by Crippen LogP contribution is -2.37. The molecule has 2 saturated heterocycles. The first-order valence-corrected chi connectivity index (χ1v) is 12.1. The molecule has 1 aromatic heterocycles. The SMILES string of the molecule is O=C(CSc1nc(=O)n(CCCN2CCOCC2)c2c1CCC2)NCC1CCCO1. The van der Waals surface area contributed by atoms with Gasteiger partial charge in [0.25, 0.3) is 0 Å². The zero-order valence-electron chi connectivity index (χ0n) is 17.6. The van der Waals surface area contributed by atoms with Gasteiger partial charge < -0.3 is 14.8 Å². The Bertz CT molecular complexity index is 788. The van der Waals surface area contributed by atoms with Crippen LogP contribution in [0, 0.1) is 0 Å². The van der Waals surface area contributed by atoms with Crippen LogP contribution in [0.25, 0.3) is 0 Å². The molecule has 1 aliphatic carbocycles. The molecule has 1 N–H and O–H groups in total. The van der Waals surface area contributed by atoms with Crippen LogP contribution in [0.3, 0.4) is 0 Å². The fourth-order valence-corrected chi connectivity index (χ4v) is 5.34. The second kappa shape index (κ2) is 10.7. The first-order valence-electron chi connectivity index (χ1n) is 11.1. The number of rotatable bonds is 9. The van der Waals surface area contributed by atoms with Crippen LogP contribution in [0.15, 0.2) is 9.82 Å². The standard InChI is InChI=1S/C21H32N4O4S/c26-19(22-14-16-4-2-11-29-16)15-30-20-17-5-1-6-18(17)25(21(27)23-20)8-3-7-24-9-12-28-13-10-24/h16H,1-15H2,(H,22,26). The van der Waals surface area contributed by atoms with E-state index in [2.05, 4.69) is 15.2 Å².